The number of thioether (sulfide) groups is 1. The van der Waals surface area contributed by atoms with Crippen LogP contribution >= 0.6 is 11.8 Å². The second kappa shape index (κ2) is 16.4. The number of rotatable bonds is 14. The third-order valence-electron chi connectivity index (χ3n) is 7.80. The Kier molecular flexibility index (Phi) is 11.8. The summed E-state index contributed by atoms with van der Waals surface area (Å²) in [6, 6.07) is 29.1. The van der Waals surface area contributed by atoms with Crippen molar-refractivity contribution in [2.45, 2.75) is 68.8 Å². The minimum absolute atomic E-state index is 0.0247. The van der Waals surface area contributed by atoms with Gasteiger partial charge < -0.3 is 30.2 Å². The molecule has 5 rings (SSSR count). The normalized spacial score (nSPS) is 17.8. The van der Waals surface area contributed by atoms with E-state index in [-0.39, 0.29) is 31.1 Å². The van der Waals surface area contributed by atoms with Gasteiger partial charge in [-0.15, -0.1) is 0 Å². The van der Waals surface area contributed by atoms with E-state index < -0.39 is 12.3 Å². The van der Waals surface area contributed by atoms with Gasteiger partial charge in [0.05, 0.1) is 18.8 Å². The van der Waals surface area contributed by atoms with Crippen molar-refractivity contribution in [3.63, 3.8) is 0 Å². The summed E-state index contributed by atoms with van der Waals surface area (Å²) in [4.78, 5) is 22.8. The molecule has 240 valence electrons. The molecule has 1 aliphatic heterocycles. The first-order chi connectivity index (χ1) is 22.4. The Morgan fingerprint density at radius 2 is 1.63 bits per heavy atom. The molecular weight excluding hydrogens is 604 g/mol. The number of aromatic nitrogens is 1. The summed E-state index contributed by atoms with van der Waals surface area (Å²) in [5.41, 5.74) is 5.69. The smallest absolute Gasteiger partial charge is 0.303 e. The Hall–Kier alpha value is -4.22. The van der Waals surface area contributed by atoms with Gasteiger partial charge in [-0.3, -0.25) is 9.59 Å². The van der Waals surface area contributed by atoms with Gasteiger partial charge in [0.25, 0.3) is 5.03 Å². The fraction of sp³-hybridized carbons (Fsp3) is 0.306. The predicted octanol–water partition coefficient (Wildman–Crippen LogP) is 6.08. The Morgan fingerprint density at radius 1 is 0.870 bits per heavy atom. The minimum Gasteiger partial charge on any atom is -0.618 e. The van der Waals surface area contributed by atoms with E-state index in [4.69, 9.17) is 14.6 Å². The van der Waals surface area contributed by atoms with E-state index in [2.05, 4.69) is 5.32 Å². The number of nitrogens with one attached hydrogen (secondary N) is 1. The zero-order valence-electron chi connectivity index (χ0n) is 25.4. The lowest BCUT2D eigenvalue weighted by Crippen LogP contribution is -2.32. The van der Waals surface area contributed by atoms with Crippen molar-refractivity contribution in [3.05, 3.63) is 125 Å². The first-order valence-corrected chi connectivity index (χ1v) is 16.4. The van der Waals surface area contributed by atoms with Crippen molar-refractivity contribution < 1.29 is 34.0 Å². The Labute approximate surface area is 272 Å². The van der Waals surface area contributed by atoms with Crippen LogP contribution < -0.4 is 10.0 Å². The molecule has 0 unspecified atom stereocenters. The number of ether oxygens (including phenoxy) is 2. The van der Waals surface area contributed by atoms with E-state index in [1.54, 1.807) is 12.1 Å². The molecule has 1 aliphatic rings. The van der Waals surface area contributed by atoms with Gasteiger partial charge >= 0.3 is 5.97 Å². The summed E-state index contributed by atoms with van der Waals surface area (Å²) in [6.45, 7) is 0.367. The number of carbonyl (C=O) groups is 2. The number of aliphatic hydroxyl groups excluding tert-OH is 1. The number of nitrogens with zero attached hydrogens (tertiary/aromatic N) is 1. The largest absolute Gasteiger partial charge is 0.618 e. The zero-order chi connectivity index (χ0) is 32.3. The van der Waals surface area contributed by atoms with Crippen molar-refractivity contribution in [2.75, 3.05) is 5.75 Å². The molecule has 1 amide bonds. The van der Waals surface area contributed by atoms with E-state index >= 15 is 0 Å². The number of hydrogen-bond acceptors (Lipinski definition) is 7. The average Bonchev–Trinajstić information content (AvgIpc) is 3.09. The molecule has 4 aromatic rings. The predicted molar refractivity (Wildman–Crippen MR) is 174 cm³/mol. The molecule has 0 radical (unpaired) electrons. The monoisotopic (exact) mass is 642 g/mol. The van der Waals surface area contributed by atoms with Crippen molar-refractivity contribution in [2.24, 2.45) is 0 Å². The van der Waals surface area contributed by atoms with Crippen molar-refractivity contribution in [1.82, 2.24) is 5.32 Å². The van der Waals surface area contributed by atoms with Crippen LogP contribution in [0.5, 0.6) is 0 Å². The molecule has 3 aromatic carbocycles. The van der Waals surface area contributed by atoms with Crippen LogP contribution in [-0.2, 0) is 32.2 Å². The Bertz CT molecular complexity index is 1600. The van der Waals surface area contributed by atoms with Gasteiger partial charge in [-0.2, -0.15) is 4.73 Å². The number of hydrogen-bond donors (Lipinski definition) is 3. The summed E-state index contributed by atoms with van der Waals surface area (Å²) >= 11 is 1.46. The number of carboxylic acids is 1. The summed E-state index contributed by atoms with van der Waals surface area (Å²) < 4.78 is 13.8. The minimum atomic E-state index is -0.848. The second-order valence-electron chi connectivity index (χ2n) is 11.2. The zero-order valence-corrected chi connectivity index (χ0v) is 26.2. The van der Waals surface area contributed by atoms with Crippen LogP contribution in [0.25, 0.3) is 11.1 Å². The third-order valence-corrected chi connectivity index (χ3v) is 8.95. The Balaban J connectivity index is 1.25. The standard InChI is InChI=1S/C36H38N2O7S/c39-23-25-11-13-28(14-12-25)32-21-31(24-46-34-9-3-4-19-38(34)43)44-36(45-32)29-17-15-27(16-18-29)30-7-5-6-26(20-30)22-37-33(40)8-1-2-10-35(41)42/h3-7,9,11-20,31-32,36,39H,1-2,8,10,21-24H2,(H,37,40)(H,41,42)/t31-,32+,36+/m1/s1. The van der Waals surface area contributed by atoms with Crippen LogP contribution in [0.3, 0.4) is 0 Å². The van der Waals surface area contributed by atoms with Gasteiger partial charge in [-0.25, -0.2) is 0 Å². The lowest BCUT2D eigenvalue weighted by molar-refractivity contribution is -0.645. The van der Waals surface area contributed by atoms with Gasteiger partial charge in [0.2, 0.25) is 5.91 Å². The van der Waals surface area contributed by atoms with Gasteiger partial charge in [0.1, 0.15) is 0 Å². The molecule has 2 heterocycles. The maximum absolute atomic E-state index is 12.2. The second-order valence-corrected chi connectivity index (χ2v) is 12.3. The van der Waals surface area contributed by atoms with Crippen molar-refractivity contribution in [3.8, 4) is 11.1 Å². The number of pyridine rings is 1. The van der Waals surface area contributed by atoms with Crippen LogP contribution in [0.15, 0.2) is 102 Å². The SMILES string of the molecule is O=C(O)CCCCC(=O)NCc1cccc(-c2ccc([C@H]3O[C@@H](CSc4cccc[n+]4[O-])C[C@@H](c4ccc(CO)cc4)O3)cc2)c1. The van der Waals surface area contributed by atoms with E-state index in [1.807, 2.05) is 78.9 Å². The van der Waals surface area contributed by atoms with Crippen LogP contribution in [0.1, 0.15) is 66.8 Å². The summed E-state index contributed by atoms with van der Waals surface area (Å²) in [5.74, 6) is -0.358. The van der Waals surface area contributed by atoms with Crippen LogP contribution in [0, 0.1) is 5.21 Å². The molecule has 10 heteroatoms. The summed E-state index contributed by atoms with van der Waals surface area (Å²) in [7, 11) is 0. The molecule has 3 atom stereocenters. The van der Waals surface area contributed by atoms with Crippen LogP contribution in [0.4, 0.5) is 0 Å². The van der Waals surface area contributed by atoms with E-state index in [9.17, 15) is 19.9 Å². The molecule has 3 N–H and O–H groups in total. The quantitative estimate of drug-likeness (QED) is 0.0653. The van der Waals surface area contributed by atoms with E-state index in [0.29, 0.717) is 43.0 Å². The molecule has 1 aromatic heterocycles. The maximum Gasteiger partial charge on any atom is 0.303 e. The van der Waals surface area contributed by atoms with Gasteiger partial charge in [-0.05, 0) is 52.8 Å². The van der Waals surface area contributed by atoms with Gasteiger partial charge in [-0.1, -0.05) is 78.5 Å². The first-order valence-electron chi connectivity index (χ1n) is 15.4. The molecule has 0 saturated carbocycles. The Morgan fingerprint density at radius 3 is 2.37 bits per heavy atom. The number of carbonyl (C=O) groups excluding carboxylic acids is 1. The van der Waals surface area contributed by atoms with E-state index in [0.717, 1.165) is 38.1 Å². The average molecular weight is 643 g/mol. The van der Waals surface area contributed by atoms with Crippen LogP contribution in [0.2, 0.25) is 0 Å². The summed E-state index contributed by atoms with van der Waals surface area (Å²) in [5, 5.41) is 34.0. The van der Waals surface area contributed by atoms with Crippen molar-refractivity contribution in [1.29, 1.82) is 0 Å². The molecule has 1 fully saturated rings. The highest BCUT2D eigenvalue weighted by atomic mass is 32.2. The number of aliphatic hydroxyl groups is 1. The number of carboxylic acid groups (broad SMARTS) is 1. The lowest BCUT2D eigenvalue weighted by Gasteiger charge is -2.36. The van der Waals surface area contributed by atoms with Gasteiger partial charge in [0.15, 0.2) is 12.5 Å². The fourth-order valence-electron chi connectivity index (χ4n) is 5.27. The highest BCUT2D eigenvalue weighted by molar-refractivity contribution is 7.99. The third kappa shape index (κ3) is 9.40. The number of unbranched alkanes of at least 4 members (excludes halogenated alkanes) is 1. The lowest BCUT2D eigenvalue weighted by atomic mass is 9.99. The fourth-order valence-corrected chi connectivity index (χ4v) is 6.20. The molecular formula is C36H38N2O7S. The highest BCUT2D eigenvalue weighted by Gasteiger charge is 2.32. The topological polar surface area (TPSA) is 132 Å². The molecule has 9 nitrogen and oxygen atoms in total. The molecule has 1 saturated heterocycles. The van der Waals surface area contributed by atoms with E-state index in [1.165, 1.54) is 18.0 Å². The first kappa shape index (κ1) is 33.2. The number of benzene rings is 3. The summed E-state index contributed by atoms with van der Waals surface area (Å²) in [6.07, 6.45) is 2.51. The van der Waals surface area contributed by atoms with Crippen molar-refractivity contribution >= 4 is 23.6 Å². The molecule has 0 aliphatic carbocycles. The van der Waals surface area contributed by atoms with Crippen LogP contribution in [-0.4, -0.2) is 33.9 Å². The number of aliphatic carboxylic acids is 1. The maximum atomic E-state index is 12.2. The van der Waals surface area contributed by atoms with Gasteiger partial charge in [0, 0.05) is 49.3 Å². The highest BCUT2D eigenvalue weighted by Crippen LogP contribution is 2.39. The molecule has 0 spiro atoms. The number of amides is 1. The molecule has 0 bridgehead atoms. The molecule has 46 heavy (non-hydrogen) atoms.